The number of hydrogen-bond acceptors (Lipinski definition) is 5. The van der Waals surface area contributed by atoms with Crippen LogP contribution in [-0.2, 0) is 17.9 Å². The molecule has 2 aromatic heterocycles. The zero-order valence-electron chi connectivity index (χ0n) is 15.0. The number of carbonyl (C=O) groups is 1. The van der Waals surface area contributed by atoms with Gasteiger partial charge in [0.25, 0.3) is 0 Å². The number of thiazole rings is 1. The number of aromatic nitrogens is 3. The van der Waals surface area contributed by atoms with E-state index in [9.17, 15) is 9.59 Å². The number of fused-ring (bicyclic) bond motifs is 1. The molecule has 0 aliphatic carbocycles. The maximum absolute atomic E-state index is 12.2. The smallest absolute Gasteiger partial charge is 0.222 e. The fourth-order valence-corrected chi connectivity index (χ4v) is 3.75. The van der Waals surface area contributed by atoms with Gasteiger partial charge in [-0.1, -0.05) is 42.5 Å². The van der Waals surface area contributed by atoms with Gasteiger partial charge in [-0.25, -0.2) is 4.98 Å². The number of rotatable bonds is 6. The van der Waals surface area contributed by atoms with Crippen LogP contribution in [0.5, 0.6) is 0 Å². The third-order valence-electron chi connectivity index (χ3n) is 4.35. The Kier molecular flexibility index (Phi) is 5.25. The molecule has 1 amide bonds. The van der Waals surface area contributed by atoms with Crippen LogP contribution in [0.3, 0.4) is 0 Å². The number of aryl methyl sites for hydroxylation is 1. The van der Waals surface area contributed by atoms with E-state index < -0.39 is 0 Å². The summed E-state index contributed by atoms with van der Waals surface area (Å²) in [6.45, 7) is 0.791. The molecule has 1 N–H and O–H groups in total. The van der Waals surface area contributed by atoms with Crippen molar-refractivity contribution in [2.24, 2.45) is 0 Å². The van der Waals surface area contributed by atoms with Crippen molar-refractivity contribution in [3.8, 4) is 10.6 Å². The van der Waals surface area contributed by atoms with Gasteiger partial charge in [0.2, 0.25) is 11.3 Å². The highest BCUT2D eigenvalue weighted by Gasteiger charge is 2.08. The van der Waals surface area contributed by atoms with Crippen molar-refractivity contribution < 1.29 is 4.79 Å². The van der Waals surface area contributed by atoms with Crippen LogP contribution in [0.1, 0.15) is 12.1 Å². The number of nitrogens with one attached hydrogen (secondary N) is 1. The van der Waals surface area contributed by atoms with Crippen LogP contribution >= 0.6 is 11.3 Å². The molecule has 0 aliphatic heterocycles. The van der Waals surface area contributed by atoms with Crippen molar-refractivity contribution in [1.29, 1.82) is 0 Å². The number of benzene rings is 2. The summed E-state index contributed by atoms with van der Waals surface area (Å²) >= 11 is 1.56. The molecule has 2 aromatic carbocycles. The Balaban J connectivity index is 1.35. The monoisotopic (exact) mass is 390 g/mol. The summed E-state index contributed by atoms with van der Waals surface area (Å²) in [5.41, 5.74) is 2.52. The first-order valence-corrected chi connectivity index (χ1v) is 9.80. The van der Waals surface area contributed by atoms with Crippen molar-refractivity contribution >= 4 is 28.1 Å². The molecule has 6 nitrogen and oxygen atoms in total. The molecular formula is C21H18N4O2S. The Morgan fingerprint density at radius 1 is 1.07 bits per heavy atom. The predicted molar refractivity (Wildman–Crippen MR) is 110 cm³/mol. The van der Waals surface area contributed by atoms with Gasteiger partial charge in [-0.15, -0.1) is 11.3 Å². The van der Waals surface area contributed by atoms with Gasteiger partial charge < -0.3 is 5.32 Å². The average Bonchev–Trinajstić information content (AvgIpc) is 3.22. The summed E-state index contributed by atoms with van der Waals surface area (Å²) in [4.78, 5) is 28.7. The van der Waals surface area contributed by atoms with Gasteiger partial charge in [-0.2, -0.15) is 5.10 Å². The summed E-state index contributed by atoms with van der Waals surface area (Å²) in [5, 5.41) is 10.5. The third-order valence-corrected chi connectivity index (χ3v) is 5.29. The van der Waals surface area contributed by atoms with E-state index in [-0.39, 0.29) is 17.8 Å². The van der Waals surface area contributed by atoms with E-state index >= 15 is 0 Å². The molecule has 28 heavy (non-hydrogen) atoms. The maximum atomic E-state index is 12.2. The standard InChI is InChI=1S/C21H18N4O2S/c26-19-13-23-25(18-9-5-4-8-17(18)19)11-10-20(27)22-12-16-14-28-21(24-16)15-6-2-1-3-7-15/h1-9,13-14H,10-12H2,(H,22,27). The first kappa shape index (κ1) is 18.1. The van der Waals surface area contributed by atoms with Gasteiger partial charge >= 0.3 is 0 Å². The van der Waals surface area contributed by atoms with Crippen molar-refractivity contribution in [3.05, 3.63) is 82.1 Å². The SMILES string of the molecule is O=C(CCn1ncc(=O)c2ccccc21)NCc1csc(-c2ccccc2)n1. The highest BCUT2D eigenvalue weighted by atomic mass is 32.1. The zero-order valence-corrected chi connectivity index (χ0v) is 15.9. The van der Waals surface area contributed by atoms with Gasteiger partial charge in [0.05, 0.1) is 30.5 Å². The molecule has 0 atom stereocenters. The second kappa shape index (κ2) is 8.14. The molecule has 0 aliphatic rings. The lowest BCUT2D eigenvalue weighted by atomic mass is 10.2. The van der Waals surface area contributed by atoms with E-state index in [2.05, 4.69) is 15.4 Å². The van der Waals surface area contributed by atoms with Crippen LogP contribution in [0.25, 0.3) is 21.5 Å². The largest absolute Gasteiger partial charge is 0.350 e. The zero-order chi connectivity index (χ0) is 19.3. The minimum atomic E-state index is -0.117. The Labute approximate surface area is 165 Å². The molecule has 0 fully saturated rings. The molecular weight excluding hydrogens is 372 g/mol. The Morgan fingerprint density at radius 3 is 2.71 bits per heavy atom. The van der Waals surface area contributed by atoms with Crippen LogP contribution < -0.4 is 10.7 Å². The highest BCUT2D eigenvalue weighted by molar-refractivity contribution is 7.13. The molecule has 0 spiro atoms. The van der Waals surface area contributed by atoms with E-state index in [1.165, 1.54) is 6.20 Å². The van der Waals surface area contributed by atoms with Crippen LogP contribution in [0.4, 0.5) is 0 Å². The maximum Gasteiger partial charge on any atom is 0.222 e. The Bertz CT molecular complexity index is 1170. The molecule has 0 radical (unpaired) electrons. The van der Waals surface area contributed by atoms with E-state index in [1.54, 1.807) is 22.1 Å². The number of nitrogens with zero attached hydrogens (tertiary/aromatic N) is 3. The van der Waals surface area contributed by atoms with Gasteiger partial charge in [0.15, 0.2) is 0 Å². The van der Waals surface area contributed by atoms with E-state index in [0.717, 1.165) is 21.8 Å². The van der Waals surface area contributed by atoms with Crippen molar-refractivity contribution in [2.45, 2.75) is 19.5 Å². The first-order valence-electron chi connectivity index (χ1n) is 8.92. The predicted octanol–water partition coefficient (Wildman–Crippen LogP) is 3.23. The molecule has 2 heterocycles. The Hall–Kier alpha value is -3.32. The molecule has 140 valence electrons. The fourth-order valence-electron chi connectivity index (χ4n) is 2.93. The van der Waals surface area contributed by atoms with E-state index in [0.29, 0.717) is 18.5 Å². The van der Waals surface area contributed by atoms with E-state index in [4.69, 9.17) is 0 Å². The summed E-state index contributed by atoms with van der Waals surface area (Å²) in [6.07, 6.45) is 1.57. The average molecular weight is 390 g/mol. The molecule has 4 rings (SSSR count). The van der Waals surface area contributed by atoms with Crippen molar-refractivity contribution in [1.82, 2.24) is 20.1 Å². The highest BCUT2D eigenvalue weighted by Crippen LogP contribution is 2.23. The van der Waals surface area contributed by atoms with Gasteiger partial charge in [0, 0.05) is 22.8 Å². The van der Waals surface area contributed by atoms with Crippen molar-refractivity contribution in [2.75, 3.05) is 0 Å². The fraction of sp³-hybridized carbons (Fsp3) is 0.143. The summed E-state index contributed by atoms with van der Waals surface area (Å²) in [5.74, 6) is -0.0844. The molecule has 0 bridgehead atoms. The molecule has 0 saturated heterocycles. The van der Waals surface area contributed by atoms with Gasteiger partial charge in [-0.3, -0.25) is 14.3 Å². The molecule has 0 unspecified atom stereocenters. The third kappa shape index (κ3) is 3.99. The summed E-state index contributed by atoms with van der Waals surface area (Å²) in [7, 11) is 0. The minimum Gasteiger partial charge on any atom is -0.350 e. The molecule has 4 aromatic rings. The second-order valence-electron chi connectivity index (χ2n) is 6.29. The van der Waals surface area contributed by atoms with Gasteiger partial charge in [-0.05, 0) is 12.1 Å². The normalized spacial score (nSPS) is 10.9. The molecule has 0 saturated carbocycles. The summed E-state index contributed by atoms with van der Waals surface area (Å²) < 4.78 is 1.69. The van der Waals surface area contributed by atoms with Crippen LogP contribution in [0.15, 0.2) is 71.0 Å². The lowest BCUT2D eigenvalue weighted by Crippen LogP contribution is -2.25. The van der Waals surface area contributed by atoms with Gasteiger partial charge in [0.1, 0.15) is 5.01 Å². The number of carbonyl (C=O) groups excluding carboxylic acids is 1. The topological polar surface area (TPSA) is 76.9 Å². The Morgan fingerprint density at radius 2 is 1.86 bits per heavy atom. The second-order valence-corrected chi connectivity index (χ2v) is 7.14. The lowest BCUT2D eigenvalue weighted by Gasteiger charge is -2.09. The van der Waals surface area contributed by atoms with Crippen LogP contribution in [-0.4, -0.2) is 20.7 Å². The van der Waals surface area contributed by atoms with Crippen LogP contribution in [0, 0.1) is 0 Å². The quantitative estimate of drug-likeness (QED) is 0.548. The number of hydrogen-bond donors (Lipinski definition) is 1. The lowest BCUT2D eigenvalue weighted by molar-refractivity contribution is -0.121. The van der Waals surface area contributed by atoms with Crippen molar-refractivity contribution in [3.63, 3.8) is 0 Å². The van der Waals surface area contributed by atoms with E-state index in [1.807, 2.05) is 53.9 Å². The first-order chi connectivity index (χ1) is 13.7. The molecule has 7 heteroatoms. The van der Waals surface area contributed by atoms with Crippen LogP contribution in [0.2, 0.25) is 0 Å². The number of para-hydroxylation sites is 1. The summed E-state index contributed by atoms with van der Waals surface area (Å²) in [6, 6.07) is 17.2. The minimum absolute atomic E-state index is 0.0844. The number of amides is 1.